The molecular formula is C25H21ClN4O3. The molecule has 1 atom stereocenters. The zero-order valence-electron chi connectivity index (χ0n) is 18.6. The number of hydrogen-bond donors (Lipinski definition) is 1. The topological polar surface area (TPSA) is 101 Å². The van der Waals surface area contributed by atoms with Crippen molar-refractivity contribution in [3.63, 3.8) is 0 Å². The van der Waals surface area contributed by atoms with E-state index in [1.54, 1.807) is 37.3 Å². The third-order valence-corrected chi connectivity index (χ3v) is 5.57. The lowest BCUT2D eigenvalue weighted by atomic mass is 9.99. The number of halogens is 1. The maximum absolute atomic E-state index is 13.3. The molecule has 0 saturated heterocycles. The van der Waals surface area contributed by atoms with Gasteiger partial charge in [0.1, 0.15) is 22.5 Å². The van der Waals surface area contributed by atoms with Crippen molar-refractivity contribution in [2.75, 3.05) is 12.4 Å². The fourth-order valence-corrected chi connectivity index (χ4v) is 3.88. The molecule has 1 unspecified atom stereocenters. The van der Waals surface area contributed by atoms with Crippen LogP contribution in [0.25, 0.3) is 22.4 Å². The standard InChI is InChI=1S/C25H21ClN4O3/c1-13-10-16(15(3)28-18-8-9-21(26)29-20(18)12-27)25-17(11-13)23(31)14(2)24(33-25)19-6-5-7-22(30-19)32-4/h5-11,15,28H,1-4H3. The van der Waals surface area contributed by atoms with Gasteiger partial charge in [0.15, 0.2) is 16.9 Å². The molecule has 3 aromatic heterocycles. The highest BCUT2D eigenvalue weighted by Crippen LogP contribution is 2.32. The van der Waals surface area contributed by atoms with Gasteiger partial charge in [-0.1, -0.05) is 23.7 Å². The van der Waals surface area contributed by atoms with Gasteiger partial charge in [0.05, 0.1) is 24.2 Å². The number of nitriles is 1. The summed E-state index contributed by atoms with van der Waals surface area (Å²) in [6.07, 6.45) is 0. The van der Waals surface area contributed by atoms with Crippen molar-refractivity contribution >= 4 is 28.3 Å². The van der Waals surface area contributed by atoms with Crippen molar-refractivity contribution in [1.82, 2.24) is 9.97 Å². The number of nitrogens with zero attached hydrogens (tertiary/aromatic N) is 3. The average Bonchev–Trinajstić information content (AvgIpc) is 2.82. The number of aromatic nitrogens is 2. The highest BCUT2D eigenvalue weighted by Gasteiger charge is 2.20. The molecular weight excluding hydrogens is 440 g/mol. The predicted molar refractivity (Wildman–Crippen MR) is 128 cm³/mol. The Morgan fingerprint density at radius 3 is 2.70 bits per heavy atom. The Morgan fingerprint density at radius 2 is 1.97 bits per heavy atom. The van der Waals surface area contributed by atoms with Gasteiger partial charge in [-0.25, -0.2) is 9.97 Å². The molecule has 0 aliphatic rings. The van der Waals surface area contributed by atoms with E-state index in [2.05, 4.69) is 15.3 Å². The quantitative estimate of drug-likeness (QED) is 0.388. The summed E-state index contributed by atoms with van der Waals surface area (Å²) < 4.78 is 11.5. The molecule has 33 heavy (non-hydrogen) atoms. The monoisotopic (exact) mass is 460 g/mol. The molecule has 0 fully saturated rings. The maximum atomic E-state index is 13.3. The van der Waals surface area contributed by atoms with Crippen LogP contribution >= 0.6 is 11.6 Å². The molecule has 166 valence electrons. The van der Waals surface area contributed by atoms with E-state index in [1.807, 2.05) is 32.0 Å². The fraction of sp³-hybridized carbons (Fsp3) is 0.200. The van der Waals surface area contributed by atoms with E-state index < -0.39 is 0 Å². The van der Waals surface area contributed by atoms with Crippen LogP contribution in [0.2, 0.25) is 5.15 Å². The first kappa shape index (κ1) is 22.3. The van der Waals surface area contributed by atoms with E-state index in [0.717, 1.165) is 11.1 Å². The van der Waals surface area contributed by atoms with Gasteiger partial charge in [-0.2, -0.15) is 5.26 Å². The van der Waals surface area contributed by atoms with Crippen molar-refractivity contribution in [2.45, 2.75) is 26.8 Å². The summed E-state index contributed by atoms with van der Waals surface area (Å²) in [6, 6.07) is 14.1. The lowest BCUT2D eigenvalue weighted by Crippen LogP contribution is -2.13. The number of anilines is 1. The Balaban J connectivity index is 1.89. The molecule has 4 aromatic rings. The third kappa shape index (κ3) is 4.26. The minimum absolute atomic E-state index is 0.126. The second-order valence-corrected chi connectivity index (χ2v) is 8.08. The minimum Gasteiger partial charge on any atom is -0.481 e. The van der Waals surface area contributed by atoms with Crippen LogP contribution in [0, 0.1) is 25.2 Å². The Hall–Kier alpha value is -3.89. The van der Waals surface area contributed by atoms with Crippen LogP contribution in [0.5, 0.6) is 5.88 Å². The molecule has 7 nitrogen and oxygen atoms in total. The molecule has 1 N–H and O–H groups in total. The van der Waals surface area contributed by atoms with Crippen LogP contribution in [0.4, 0.5) is 5.69 Å². The molecule has 1 aromatic carbocycles. The summed E-state index contributed by atoms with van der Waals surface area (Å²) in [6.45, 7) is 5.57. The first-order chi connectivity index (χ1) is 15.8. The number of methoxy groups -OCH3 is 1. The first-order valence-corrected chi connectivity index (χ1v) is 10.6. The summed E-state index contributed by atoms with van der Waals surface area (Å²) in [7, 11) is 1.53. The highest BCUT2D eigenvalue weighted by molar-refractivity contribution is 6.29. The van der Waals surface area contributed by atoms with E-state index >= 15 is 0 Å². The molecule has 8 heteroatoms. The average molecular weight is 461 g/mol. The molecule has 0 radical (unpaired) electrons. The third-order valence-electron chi connectivity index (χ3n) is 5.36. The van der Waals surface area contributed by atoms with Crippen LogP contribution in [-0.2, 0) is 0 Å². The van der Waals surface area contributed by atoms with E-state index in [-0.39, 0.29) is 22.3 Å². The Bertz CT molecular complexity index is 1470. The number of benzene rings is 1. The van der Waals surface area contributed by atoms with Crippen molar-refractivity contribution in [2.24, 2.45) is 0 Å². The Morgan fingerprint density at radius 1 is 1.18 bits per heavy atom. The first-order valence-electron chi connectivity index (χ1n) is 10.2. The molecule has 0 amide bonds. The number of pyridine rings is 2. The number of nitrogens with one attached hydrogen (secondary N) is 1. The number of fused-ring (bicyclic) bond motifs is 1. The van der Waals surface area contributed by atoms with Gasteiger partial charge in [0, 0.05) is 17.2 Å². The van der Waals surface area contributed by atoms with Gasteiger partial charge in [-0.3, -0.25) is 4.79 Å². The predicted octanol–water partition coefficient (Wildman–Crippen LogP) is 5.57. The van der Waals surface area contributed by atoms with Crippen molar-refractivity contribution in [3.8, 4) is 23.4 Å². The smallest absolute Gasteiger partial charge is 0.213 e. The number of aryl methyl sites for hydroxylation is 1. The van der Waals surface area contributed by atoms with Crippen LogP contribution in [0.15, 0.2) is 51.7 Å². The zero-order valence-corrected chi connectivity index (χ0v) is 19.3. The SMILES string of the molecule is COc1cccc(-c2oc3c(C(C)Nc4ccc(Cl)nc4C#N)cc(C)cc3c(=O)c2C)n1. The summed E-state index contributed by atoms with van der Waals surface area (Å²) in [5.74, 6) is 0.808. The summed E-state index contributed by atoms with van der Waals surface area (Å²) >= 11 is 5.92. The van der Waals surface area contributed by atoms with Crippen molar-refractivity contribution in [1.29, 1.82) is 5.26 Å². The molecule has 3 heterocycles. The van der Waals surface area contributed by atoms with Gasteiger partial charge in [0.25, 0.3) is 0 Å². The maximum Gasteiger partial charge on any atom is 0.213 e. The molecule has 0 spiro atoms. The van der Waals surface area contributed by atoms with Crippen LogP contribution in [0.3, 0.4) is 0 Å². The Kier molecular flexibility index (Phi) is 6.03. The summed E-state index contributed by atoms with van der Waals surface area (Å²) in [4.78, 5) is 21.8. The van der Waals surface area contributed by atoms with Gasteiger partial charge in [-0.15, -0.1) is 0 Å². The highest BCUT2D eigenvalue weighted by atomic mass is 35.5. The second-order valence-electron chi connectivity index (χ2n) is 7.69. The van der Waals surface area contributed by atoms with Crippen LogP contribution in [-0.4, -0.2) is 17.1 Å². The van der Waals surface area contributed by atoms with Gasteiger partial charge < -0.3 is 14.5 Å². The number of hydrogen-bond acceptors (Lipinski definition) is 7. The van der Waals surface area contributed by atoms with Gasteiger partial charge >= 0.3 is 0 Å². The van der Waals surface area contributed by atoms with Gasteiger partial charge in [-0.05, 0) is 50.6 Å². The summed E-state index contributed by atoms with van der Waals surface area (Å²) in [5.41, 5.74) is 3.71. The van der Waals surface area contributed by atoms with Crippen molar-refractivity contribution in [3.05, 3.63) is 80.2 Å². The van der Waals surface area contributed by atoms with E-state index in [9.17, 15) is 10.1 Å². The molecule has 4 rings (SSSR count). The van der Waals surface area contributed by atoms with Crippen LogP contribution in [0.1, 0.15) is 35.3 Å². The van der Waals surface area contributed by atoms with Gasteiger partial charge in [0.2, 0.25) is 5.88 Å². The molecule has 0 bridgehead atoms. The lowest BCUT2D eigenvalue weighted by molar-refractivity contribution is 0.398. The second kappa shape index (κ2) is 8.93. The van der Waals surface area contributed by atoms with E-state index in [4.69, 9.17) is 20.8 Å². The minimum atomic E-state index is -0.306. The molecule has 0 saturated carbocycles. The number of rotatable bonds is 5. The van der Waals surface area contributed by atoms with E-state index in [0.29, 0.717) is 39.6 Å². The van der Waals surface area contributed by atoms with E-state index in [1.165, 1.54) is 7.11 Å². The Labute approximate surface area is 195 Å². The lowest BCUT2D eigenvalue weighted by Gasteiger charge is -2.19. The summed E-state index contributed by atoms with van der Waals surface area (Å²) in [5, 5.41) is 13.4. The van der Waals surface area contributed by atoms with Crippen molar-refractivity contribution < 1.29 is 9.15 Å². The fourth-order valence-electron chi connectivity index (χ4n) is 3.74. The largest absolute Gasteiger partial charge is 0.481 e. The molecule has 0 aliphatic carbocycles. The van der Waals surface area contributed by atoms with Crippen LogP contribution < -0.4 is 15.5 Å². The number of ether oxygens (including phenoxy) is 1. The zero-order chi connectivity index (χ0) is 23.7. The molecule has 0 aliphatic heterocycles. The normalized spacial score (nSPS) is 11.8.